The molecule has 59 heavy (non-hydrogen) atoms. The molecule has 5 aliphatic carbocycles. The van der Waals surface area contributed by atoms with Gasteiger partial charge in [0, 0.05) is 39.3 Å². The predicted octanol–water partition coefficient (Wildman–Crippen LogP) is 4.80. The van der Waals surface area contributed by atoms with Gasteiger partial charge in [0.25, 0.3) is 0 Å². The van der Waals surface area contributed by atoms with Gasteiger partial charge in [0.2, 0.25) is 40.5 Å². The SMILES string of the molecule is C=C1C(=O)C(=O)C(C)c2c1c1cc3nc(cc4[nH]c(cc4C4C=CC(C)C(=O)C4=O)nc4nc(nc2[nH]1)C1=C4C2C=CC1C(=O)C2=O)C(C(/C=C\C(C)C)C(=O)C=O)=C3. The number of nitrogens with zero attached hydrogens (tertiary/aromatic N) is 4. The van der Waals surface area contributed by atoms with Crippen LogP contribution >= 0.6 is 0 Å². The Hall–Kier alpha value is -7.22. The number of aromatic nitrogens is 6. The number of allylic oxidation sites excluding steroid dienone is 10. The van der Waals surface area contributed by atoms with Crippen molar-refractivity contribution in [2.24, 2.45) is 29.6 Å². The van der Waals surface area contributed by atoms with E-state index < -0.39 is 76.0 Å². The molecule has 6 atom stereocenters. The maximum atomic E-state index is 13.6. The first-order valence-electron chi connectivity index (χ1n) is 19.1. The Bertz CT molecular complexity index is 2950. The number of ketones is 7. The van der Waals surface area contributed by atoms with E-state index in [9.17, 15) is 38.4 Å². The zero-order chi connectivity index (χ0) is 41.8. The first-order valence-corrected chi connectivity index (χ1v) is 19.1. The van der Waals surface area contributed by atoms with E-state index in [1.165, 1.54) is 0 Å². The van der Waals surface area contributed by atoms with Crippen molar-refractivity contribution >= 4 is 97.5 Å². The van der Waals surface area contributed by atoms with Gasteiger partial charge in [-0.1, -0.05) is 70.7 Å². The third-order valence-corrected chi connectivity index (χ3v) is 11.6. The van der Waals surface area contributed by atoms with Crippen LogP contribution in [0.4, 0.5) is 0 Å². The Labute approximate surface area is 335 Å². The highest BCUT2D eigenvalue weighted by Gasteiger charge is 2.49. The summed E-state index contributed by atoms with van der Waals surface area (Å²) in [6, 6.07) is 4.80. The molecule has 2 N–H and O–H groups in total. The highest BCUT2D eigenvalue weighted by Crippen LogP contribution is 2.48. The molecule has 14 heteroatoms. The van der Waals surface area contributed by atoms with Crippen molar-refractivity contribution in [1.29, 1.82) is 0 Å². The second kappa shape index (κ2) is 13.4. The summed E-state index contributed by atoms with van der Waals surface area (Å²) in [4.78, 5) is 131. The molecule has 0 saturated carbocycles. The minimum absolute atomic E-state index is 0.0203. The van der Waals surface area contributed by atoms with E-state index in [4.69, 9.17) is 19.9 Å². The van der Waals surface area contributed by atoms with Gasteiger partial charge in [0.1, 0.15) is 11.3 Å². The number of fused-ring (bicyclic) bond motifs is 12. The lowest BCUT2D eigenvalue weighted by atomic mass is 9.70. The minimum Gasteiger partial charge on any atom is -0.340 e. The average molecular weight is 787 g/mol. The van der Waals surface area contributed by atoms with Gasteiger partial charge in [0.15, 0.2) is 17.9 Å². The van der Waals surface area contributed by atoms with Gasteiger partial charge in [-0.3, -0.25) is 38.4 Å². The molecule has 0 saturated heterocycles. The zero-order valence-electron chi connectivity index (χ0n) is 32.2. The van der Waals surface area contributed by atoms with Crippen LogP contribution in [0.3, 0.4) is 0 Å². The third kappa shape index (κ3) is 5.69. The smallest absolute Gasteiger partial charge is 0.229 e. The molecule has 0 spiro atoms. The van der Waals surface area contributed by atoms with Crippen LogP contribution in [0, 0.1) is 29.6 Å². The summed E-state index contributed by atoms with van der Waals surface area (Å²) in [5, 5.41) is 0. The summed E-state index contributed by atoms with van der Waals surface area (Å²) >= 11 is 0. The number of carbonyl (C=O) groups is 8. The van der Waals surface area contributed by atoms with E-state index in [2.05, 4.69) is 16.5 Å². The summed E-state index contributed by atoms with van der Waals surface area (Å²) in [5.41, 5.74) is 3.52. The molecule has 0 fully saturated rings. The molecule has 2 aliphatic heterocycles. The van der Waals surface area contributed by atoms with Crippen molar-refractivity contribution in [2.45, 2.75) is 39.5 Å². The molecule has 7 aliphatic rings. The Morgan fingerprint density at radius 1 is 0.746 bits per heavy atom. The Morgan fingerprint density at radius 3 is 2.08 bits per heavy atom. The number of Topliss-reactive ketones (excluding diaryl/α,β-unsaturated/α-hetero) is 7. The highest BCUT2D eigenvalue weighted by molar-refractivity contribution is 6.57. The molecule has 10 bridgehead atoms. The number of hydrogen-bond acceptors (Lipinski definition) is 12. The maximum absolute atomic E-state index is 13.6. The lowest BCUT2D eigenvalue weighted by Gasteiger charge is -2.29. The van der Waals surface area contributed by atoms with Crippen molar-refractivity contribution < 1.29 is 38.4 Å². The van der Waals surface area contributed by atoms with Crippen LogP contribution in [-0.2, 0) is 38.4 Å². The number of carbonyl (C=O) groups excluding carboxylic acids is 8. The van der Waals surface area contributed by atoms with Gasteiger partial charge in [0.05, 0.1) is 46.5 Å². The molecule has 0 aromatic carbocycles. The van der Waals surface area contributed by atoms with Gasteiger partial charge in [-0.25, -0.2) is 19.9 Å². The highest BCUT2D eigenvalue weighted by atomic mass is 16.2. The quantitative estimate of drug-likeness (QED) is 0.149. The molecule has 3 aromatic heterocycles. The summed E-state index contributed by atoms with van der Waals surface area (Å²) in [6.45, 7) is 11.0. The molecular weight excluding hydrogens is 753 g/mol. The van der Waals surface area contributed by atoms with Gasteiger partial charge in [-0.15, -0.1) is 0 Å². The van der Waals surface area contributed by atoms with Crippen LogP contribution in [-0.4, -0.2) is 76.7 Å². The van der Waals surface area contributed by atoms with Gasteiger partial charge < -0.3 is 9.97 Å². The van der Waals surface area contributed by atoms with E-state index in [0.29, 0.717) is 44.4 Å². The average Bonchev–Trinajstić information content (AvgIpc) is 3.98. The van der Waals surface area contributed by atoms with E-state index >= 15 is 0 Å². The normalized spacial score (nSPS) is 24.1. The van der Waals surface area contributed by atoms with Gasteiger partial charge >= 0.3 is 0 Å². The third-order valence-electron chi connectivity index (χ3n) is 11.6. The molecule has 14 nitrogen and oxygen atoms in total. The molecule has 5 heterocycles. The van der Waals surface area contributed by atoms with Crippen LogP contribution < -0.4 is 0 Å². The fourth-order valence-electron chi connectivity index (χ4n) is 8.61. The lowest BCUT2D eigenvalue weighted by Crippen LogP contribution is -2.38. The van der Waals surface area contributed by atoms with Crippen molar-refractivity contribution in [2.75, 3.05) is 0 Å². The lowest BCUT2D eigenvalue weighted by molar-refractivity contribution is -0.138. The van der Waals surface area contributed by atoms with Crippen molar-refractivity contribution in [3.63, 3.8) is 0 Å². The standard InChI is InChI=1S/C45H34N6O8/c1-17(2)6-8-22(31(53)16-52)26-12-21-13-30-33-19(4)38(55)39(56)20(5)34(33)43(48-30)50-45-36-25-11-10-24(41(58)42(25)59)35(36)44(51-45)49-32-14-27(29(47-32)15-28(26)46-21)23-9-7-18(3)37(54)40(23)57/h6-18,20,22-25H,4H2,1-3,5H3,(H2,47,48,49,50,51)/b8-6-. The Kier molecular flexibility index (Phi) is 8.51. The number of aldehydes is 1. The predicted molar refractivity (Wildman–Crippen MR) is 214 cm³/mol. The molecular formula is C45H34N6O8. The largest absolute Gasteiger partial charge is 0.340 e. The maximum Gasteiger partial charge on any atom is 0.229 e. The number of rotatable bonds is 6. The first kappa shape index (κ1) is 37.4. The number of aromatic amines is 2. The second-order valence-corrected chi connectivity index (χ2v) is 15.8. The zero-order valence-corrected chi connectivity index (χ0v) is 32.2. The van der Waals surface area contributed by atoms with Crippen LogP contribution in [0.5, 0.6) is 0 Å². The van der Waals surface area contributed by atoms with E-state index in [1.54, 1.807) is 74.6 Å². The van der Waals surface area contributed by atoms with Crippen LogP contribution in [0.1, 0.15) is 79.3 Å². The molecule has 10 rings (SSSR count). The monoisotopic (exact) mass is 786 g/mol. The van der Waals surface area contributed by atoms with E-state index in [-0.39, 0.29) is 52.1 Å². The van der Waals surface area contributed by atoms with Gasteiger partial charge in [-0.2, -0.15) is 0 Å². The van der Waals surface area contributed by atoms with Crippen molar-refractivity contribution in [3.8, 4) is 0 Å². The molecule has 0 radical (unpaired) electrons. The van der Waals surface area contributed by atoms with Crippen molar-refractivity contribution in [3.05, 3.63) is 101 Å². The number of nitrogens with one attached hydrogen (secondary N) is 2. The summed E-state index contributed by atoms with van der Waals surface area (Å²) < 4.78 is 0. The molecule has 292 valence electrons. The number of H-pyrrole nitrogens is 2. The van der Waals surface area contributed by atoms with Crippen molar-refractivity contribution in [1.82, 2.24) is 29.9 Å². The fourth-order valence-corrected chi connectivity index (χ4v) is 8.61. The van der Waals surface area contributed by atoms with Crippen LogP contribution in [0.25, 0.3) is 50.7 Å². The summed E-state index contributed by atoms with van der Waals surface area (Å²) in [6.07, 6.45) is 11.8. The summed E-state index contributed by atoms with van der Waals surface area (Å²) in [7, 11) is 0. The molecule has 0 amide bonds. The minimum atomic E-state index is -1.07. The topological polar surface area (TPSA) is 220 Å². The first-order chi connectivity index (χ1) is 28.2. The van der Waals surface area contributed by atoms with Gasteiger partial charge in [-0.05, 0) is 41.3 Å². The molecule has 3 aromatic rings. The fraction of sp³-hybridized carbons (Fsp3) is 0.244. The van der Waals surface area contributed by atoms with E-state index in [0.717, 1.165) is 0 Å². The Balaban J connectivity index is 1.42. The molecule has 6 unspecified atom stereocenters. The second-order valence-electron chi connectivity index (χ2n) is 15.8. The number of hydrogen-bond donors (Lipinski definition) is 2. The Morgan fingerprint density at radius 2 is 1.41 bits per heavy atom. The van der Waals surface area contributed by atoms with E-state index in [1.807, 2.05) is 13.8 Å². The van der Waals surface area contributed by atoms with Crippen LogP contribution in [0.2, 0.25) is 0 Å². The summed E-state index contributed by atoms with van der Waals surface area (Å²) in [5.74, 6) is -10.2. The van der Waals surface area contributed by atoms with Crippen LogP contribution in [0.15, 0.2) is 61.2 Å².